The van der Waals surface area contributed by atoms with Crippen molar-refractivity contribution < 1.29 is 14.7 Å². The van der Waals surface area contributed by atoms with Gasteiger partial charge in [-0.25, -0.2) is 0 Å². The van der Waals surface area contributed by atoms with Gasteiger partial charge >= 0.3 is 5.97 Å². The summed E-state index contributed by atoms with van der Waals surface area (Å²) >= 11 is 2.27. The Morgan fingerprint density at radius 1 is 1.26 bits per heavy atom. The predicted molar refractivity (Wildman–Crippen MR) is 82.0 cm³/mol. The first kappa shape index (κ1) is 15.9. The maximum Gasteiger partial charge on any atom is 0.325 e. The van der Waals surface area contributed by atoms with E-state index in [0.717, 1.165) is 19.3 Å². The molecule has 5 heteroatoms. The highest BCUT2D eigenvalue weighted by Gasteiger charge is 2.13. The normalized spacial score (nSPS) is 11.9. The molecule has 0 heterocycles. The molecule has 0 saturated carbocycles. The summed E-state index contributed by atoms with van der Waals surface area (Å²) < 4.78 is 1.21. The summed E-state index contributed by atoms with van der Waals surface area (Å²) in [6, 6.07) is 7.50. The summed E-state index contributed by atoms with van der Waals surface area (Å²) in [5.41, 5.74) is 1.26. The van der Waals surface area contributed by atoms with Crippen LogP contribution in [0.15, 0.2) is 24.3 Å². The Morgan fingerprint density at radius 2 is 1.89 bits per heavy atom. The van der Waals surface area contributed by atoms with Crippen molar-refractivity contribution in [3.63, 3.8) is 0 Å². The van der Waals surface area contributed by atoms with E-state index in [2.05, 4.69) is 52.2 Å². The molecule has 0 aliphatic carbocycles. The lowest BCUT2D eigenvalue weighted by molar-refractivity contribution is -0.141. The number of carbonyl (C=O) groups excluding carboxylic acids is 1. The van der Waals surface area contributed by atoms with Crippen LogP contribution < -0.4 is 5.32 Å². The molecule has 0 fully saturated rings. The molecule has 0 aliphatic rings. The molecule has 0 bridgehead atoms. The number of nitrogens with one attached hydrogen (secondary N) is 1. The van der Waals surface area contributed by atoms with Gasteiger partial charge in [-0.05, 0) is 66.5 Å². The van der Waals surface area contributed by atoms with Crippen molar-refractivity contribution in [2.75, 3.05) is 0 Å². The largest absolute Gasteiger partial charge is 0.480 e. The number of benzene rings is 1. The number of carboxylic acid groups (broad SMARTS) is 1. The first-order valence-corrected chi connectivity index (χ1v) is 7.33. The third-order valence-electron chi connectivity index (χ3n) is 2.78. The molecule has 1 aromatic rings. The van der Waals surface area contributed by atoms with Crippen LogP contribution >= 0.6 is 22.6 Å². The van der Waals surface area contributed by atoms with Gasteiger partial charge in [-0.2, -0.15) is 0 Å². The minimum Gasteiger partial charge on any atom is -0.480 e. The lowest BCUT2D eigenvalue weighted by Crippen LogP contribution is -2.38. The highest BCUT2D eigenvalue weighted by Crippen LogP contribution is 2.10. The highest BCUT2D eigenvalue weighted by molar-refractivity contribution is 14.1. The minimum atomic E-state index is -1.01. The molecule has 0 saturated heterocycles. The molecule has 1 amide bonds. The third-order valence-corrected chi connectivity index (χ3v) is 3.50. The molecular weight excluding hydrogens is 357 g/mol. The van der Waals surface area contributed by atoms with E-state index in [9.17, 15) is 9.59 Å². The first-order valence-electron chi connectivity index (χ1n) is 6.25. The SMILES string of the molecule is CC(NC(=O)CCCCc1ccc(I)cc1)C(=O)O. The van der Waals surface area contributed by atoms with Gasteiger partial charge in [-0.15, -0.1) is 0 Å². The number of halogens is 1. The molecule has 0 aromatic heterocycles. The molecule has 1 unspecified atom stereocenters. The molecular formula is C14H18INO3. The summed E-state index contributed by atoms with van der Waals surface area (Å²) in [5, 5.41) is 11.1. The van der Waals surface area contributed by atoms with Gasteiger partial charge < -0.3 is 10.4 Å². The highest BCUT2D eigenvalue weighted by atomic mass is 127. The topological polar surface area (TPSA) is 66.4 Å². The fraction of sp³-hybridized carbons (Fsp3) is 0.429. The molecule has 2 N–H and O–H groups in total. The van der Waals surface area contributed by atoms with Crippen molar-refractivity contribution in [2.45, 2.75) is 38.6 Å². The van der Waals surface area contributed by atoms with Gasteiger partial charge in [0.1, 0.15) is 6.04 Å². The van der Waals surface area contributed by atoms with Crippen molar-refractivity contribution in [3.05, 3.63) is 33.4 Å². The molecule has 4 nitrogen and oxygen atoms in total. The fourth-order valence-corrected chi connectivity index (χ4v) is 2.00. The van der Waals surface area contributed by atoms with Gasteiger partial charge in [0.15, 0.2) is 0 Å². The zero-order chi connectivity index (χ0) is 14.3. The van der Waals surface area contributed by atoms with Gasteiger partial charge in [-0.3, -0.25) is 9.59 Å². The zero-order valence-electron chi connectivity index (χ0n) is 10.9. The Hall–Kier alpha value is -1.11. The van der Waals surface area contributed by atoms with Crippen molar-refractivity contribution in [3.8, 4) is 0 Å². The number of carbonyl (C=O) groups is 2. The van der Waals surface area contributed by atoms with Crippen molar-refractivity contribution in [2.24, 2.45) is 0 Å². The number of carboxylic acids is 1. The second-order valence-electron chi connectivity index (χ2n) is 4.46. The third kappa shape index (κ3) is 6.56. The van der Waals surface area contributed by atoms with Crippen LogP contribution in [0.3, 0.4) is 0 Å². The van der Waals surface area contributed by atoms with Crippen LogP contribution in [-0.4, -0.2) is 23.0 Å². The Bertz CT molecular complexity index is 431. The lowest BCUT2D eigenvalue weighted by Gasteiger charge is -2.08. The van der Waals surface area contributed by atoms with Crippen molar-refractivity contribution in [1.82, 2.24) is 5.32 Å². The summed E-state index contributed by atoms with van der Waals surface area (Å²) in [4.78, 5) is 22.0. The van der Waals surface area contributed by atoms with Crippen LogP contribution in [0, 0.1) is 3.57 Å². The number of unbranched alkanes of at least 4 members (excludes halogenated alkanes) is 1. The molecule has 1 atom stereocenters. The van der Waals surface area contributed by atoms with E-state index >= 15 is 0 Å². The van der Waals surface area contributed by atoms with E-state index in [1.807, 2.05) is 0 Å². The standard InChI is InChI=1S/C14H18INO3/c1-10(14(18)19)16-13(17)5-3-2-4-11-6-8-12(15)9-7-11/h6-10H,2-5H2,1H3,(H,16,17)(H,18,19). The Labute approximate surface area is 126 Å². The molecule has 1 aromatic carbocycles. The molecule has 104 valence electrons. The average molecular weight is 375 g/mol. The summed E-state index contributed by atoms with van der Waals surface area (Å²) in [6.45, 7) is 1.46. The number of aryl methyl sites for hydroxylation is 1. The summed E-state index contributed by atoms with van der Waals surface area (Å²) in [7, 11) is 0. The average Bonchev–Trinajstić information content (AvgIpc) is 2.36. The van der Waals surface area contributed by atoms with E-state index in [1.165, 1.54) is 16.1 Å². The number of rotatable bonds is 7. The second kappa shape index (κ2) is 8.14. The van der Waals surface area contributed by atoms with E-state index in [-0.39, 0.29) is 5.91 Å². The molecule has 0 spiro atoms. The molecule has 0 radical (unpaired) electrons. The minimum absolute atomic E-state index is 0.197. The fourth-order valence-electron chi connectivity index (χ4n) is 1.64. The van der Waals surface area contributed by atoms with Gasteiger partial charge in [0.05, 0.1) is 0 Å². The molecule has 0 aliphatic heterocycles. The van der Waals surface area contributed by atoms with Crippen LogP contribution in [0.4, 0.5) is 0 Å². The van der Waals surface area contributed by atoms with Gasteiger partial charge in [-0.1, -0.05) is 12.1 Å². The van der Waals surface area contributed by atoms with Crippen LogP contribution in [0.2, 0.25) is 0 Å². The lowest BCUT2D eigenvalue weighted by atomic mass is 10.1. The number of amides is 1. The Kier molecular flexibility index (Phi) is 6.83. The maximum atomic E-state index is 11.4. The second-order valence-corrected chi connectivity index (χ2v) is 5.71. The van der Waals surface area contributed by atoms with E-state index < -0.39 is 12.0 Å². The summed E-state index contributed by atoms with van der Waals surface area (Å²) in [6.07, 6.45) is 3.01. The van der Waals surface area contributed by atoms with Gasteiger partial charge in [0, 0.05) is 9.99 Å². The molecule has 19 heavy (non-hydrogen) atoms. The monoisotopic (exact) mass is 375 g/mol. The van der Waals surface area contributed by atoms with E-state index in [4.69, 9.17) is 5.11 Å². The number of hydrogen-bond acceptors (Lipinski definition) is 2. The molecule has 1 rings (SSSR count). The van der Waals surface area contributed by atoms with Crippen LogP contribution in [0.5, 0.6) is 0 Å². The number of hydrogen-bond donors (Lipinski definition) is 2. The van der Waals surface area contributed by atoms with Gasteiger partial charge in [0.2, 0.25) is 5.91 Å². The van der Waals surface area contributed by atoms with Gasteiger partial charge in [0.25, 0.3) is 0 Å². The van der Waals surface area contributed by atoms with E-state index in [1.54, 1.807) is 0 Å². The number of aliphatic carboxylic acids is 1. The maximum absolute atomic E-state index is 11.4. The van der Waals surface area contributed by atoms with Crippen molar-refractivity contribution in [1.29, 1.82) is 0 Å². The van der Waals surface area contributed by atoms with E-state index in [0.29, 0.717) is 6.42 Å². The smallest absolute Gasteiger partial charge is 0.325 e. The quantitative estimate of drug-likeness (QED) is 0.569. The zero-order valence-corrected chi connectivity index (χ0v) is 13.0. The van der Waals surface area contributed by atoms with Crippen LogP contribution in [0.25, 0.3) is 0 Å². The summed E-state index contributed by atoms with van der Waals surface area (Å²) in [5.74, 6) is -1.20. The van der Waals surface area contributed by atoms with Crippen LogP contribution in [-0.2, 0) is 16.0 Å². The van der Waals surface area contributed by atoms with Crippen molar-refractivity contribution >= 4 is 34.5 Å². The Balaban J connectivity index is 2.18. The predicted octanol–water partition coefficient (Wildman–Crippen LogP) is 2.59. The Morgan fingerprint density at radius 3 is 2.47 bits per heavy atom. The van der Waals surface area contributed by atoms with Crippen LogP contribution in [0.1, 0.15) is 31.7 Å². The first-order chi connectivity index (χ1) is 8.99.